The van der Waals surface area contributed by atoms with Gasteiger partial charge in [-0.15, -0.1) is 0 Å². The van der Waals surface area contributed by atoms with Gasteiger partial charge in [-0.25, -0.2) is 0 Å². The average molecular weight is 267 g/mol. The summed E-state index contributed by atoms with van der Waals surface area (Å²) in [5.74, 6) is 1.89. The van der Waals surface area contributed by atoms with E-state index in [1.165, 1.54) is 5.56 Å². The highest BCUT2D eigenvalue weighted by Crippen LogP contribution is 2.23. The Bertz CT molecular complexity index is 392. The molecule has 19 heavy (non-hydrogen) atoms. The van der Waals surface area contributed by atoms with Gasteiger partial charge in [0.2, 0.25) is 0 Å². The lowest BCUT2D eigenvalue weighted by Gasteiger charge is -2.31. The van der Waals surface area contributed by atoms with E-state index in [1.54, 1.807) is 0 Å². The summed E-state index contributed by atoms with van der Waals surface area (Å²) in [6.45, 7) is 7.59. The molecule has 0 saturated carbocycles. The Kier molecular flexibility index (Phi) is 5.02. The molecule has 1 fully saturated rings. The van der Waals surface area contributed by atoms with Crippen LogP contribution in [0.1, 0.15) is 43.8 Å². The first-order valence-corrected chi connectivity index (χ1v) is 7.08. The van der Waals surface area contributed by atoms with Crippen molar-refractivity contribution in [2.45, 2.75) is 65.1 Å². The summed E-state index contributed by atoms with van der Waals surface area (Å²) in [6, 6.07) is 2.08. The SMILES string of the molecule is CNCc1cc(COC2CC(C)OC(C)C2)oc1C. The molecule has 1 aliphatic heterocycles. The second-order valence-electron chi connectivity index (χ2n) is 5.49. The second-order valence-corrected chi connectivity index (χ2v) is 5.49. The second kappa shape index (κ2) is 6.55. The normalized spacial score (nSPS) is 27.7. The number of aryl methyl sites for hydroxylation is 1. The van der Waals surface area contributed by atoms with Crippen LogP contribution in [0.5, 0.6) is 0 Å². The van der Waals surface area contributed by atoms with Crippen molar-refractivity contribution in [2.24, 2.45) is 0 Å². The van der Waals surface area contributed by atoms with Crippen LogP contribution in [-0.4, -0.2) is 25.4 Å². The van der Waals surface area contributed by atoms with Crippen molar-refractivity contribution in [3.05, 3.63) is 23.2 Å². The van der Waals surface area contributed by atoms with Gasteiger partial charge in [0.1, 0.15) is 18.1 Å². The van der Waals surface area contributed by atoms with Gasteiger partial charge in [-0.05, 0) is 46.7 Å². The number of hydrogen-bond donors (Lipinski definition) is 1. The van der Waals surface area contributed by atoms with E-state index >= 15 is 0 Å². The molecule has 0 spiro atoms. The van der Waals surface area contributed by atoms with Crippen LogP contribution in [0.3, 0.4) is 0 Å². The lowest BCUT2D eigenvalue weighted by atomic mass is 10.0. The predicted molar refractivity (Wildman–Crippen MR) is 74.0 cm³/mol. The van der Waals surface area contributed by atoms with Crippen LogP contribution in [0.25, 0.3) is 0 Å². The van der Waals surface area contributed by atoms with E-state index in [9.17, 15) is 0 Å². The van der Waals surface area contributed by atoms with Crippen LogP contribution in [-0.2, 0) is 22.6 Å². The first-order chi connectivity index (χ1) is 9.08. The third-order valence-electron chi connectivity index (χ3n) is 3.55. The van der Waals surface area contributed by atoms with Crippen LogP contribution in [0.15, 0.2) is 10.5 Å². The molecule has 1 aromatic heterocycles. The summed E-state index contributed by atoms with van der Waals surface area (Å²) in [7, 11) is 1.94. The topological polar surface area (TPSA) is 43.6 Å². The van der Waals surface area contributed by atoms with Crippen LogP contribution in [0.2, 0.25) is 0 Å². The molecule has 2 heterocycles. The molecule has 4 heteroatoms. The molecule has 2 atom stereocenters. The molecule has 2 unspecified atom stereocenters. The van der Waals surface area contributed by atoms with Crippen LogP contribution in [0, 0.1) is 6.92 Å². The fraction of sp³-hybridized carbons (Fsp3) is 0.733. The summed E-state index contributed by atoms with van der Waals surface area (Å²) >= 11 is 0. The average Bonchev–Trinajstić information content (AvgIpc) is 2.67. The van der Waals surface area contributed by atoms with Crippen LogP contribution in [0.4, 0.5) is 0 Å². The van der Waals surface area contributed by atoms with Gasteiger partial charge < -0.3 is 19.2 Å². The molecule has 0 aliphatic carbocycles. The van der Waals surface area contributed by atoms with Crippen molar-refractivity contribution >= 4 is 0 Å². The molecule has 108 valence electrons. The molecule has 1 aromatic rings. The molecular formula is C15H25NO3. The number of hydrogen-bond acceptors (Lipinski definition) is 4. The molecule has 0 bridgehead atoms. The number of ether oxygens (including phenoxy) is 2. The van der Waals surface area contributed by atoms with Crippen LogP contribution < -0.4 is 5.32 Å². The largest absolute Gasteiger partial charge is 0.464 e. The molecule has 0 amide bonds. The maximum Gasteiger partial charge on any atom is 0.130 e. The fourth-order valence-electron chi connectivity index (χ4n) is 2.71. The number of rotatable bonds is 5. The first-order valence-electron chi connectivity index (χ1n) is 7.08. The highest BCUT2D eigenvalue weighted by molar-refractivity contribution is 5.20. The molecule has 4 nitrogen and oxygen atoms in total. The van der Waals surface area contributed by atoms with E-state index in [1.807, 2.05) is 14.0 Å². The molecule has 2 rings (SSSR count). The van der Waals surface area contributed by atoms with Crippen molar-refractivity contribution in [2.75, 3.05) is 7.05 Å². The molecule has 1 saturated heterocycles. The van der Waals surface area contributed by atoms with Crippen molar-refractivity contribution < 1.29 is 13.9 Å². The Morgan fingerprint density at radius 1 is 1.32 bits per heavy atom. The van der Waals surface area contributed by atoms with Gasteiger partial charge in [-0.1, -0.05) is 0 Å². The zero-order valence-corrected chi connectivity index (χ0v) is 12.4. The summed E-state index contributed by atoms with van der Waals surface area (Å²) in [4.78, 5) is 0. The Balaban J connectivity index is 1.86. The summed E-state index contributed by atoms with van der Waals surface area (Å²) in [6.07, 6.45) is 2.77. The summed E-state index contributed by atoms with van der Waals surface area (Å²) in [5, 5.41) is 3.14. The van der Waals surface area contributed by atoms with Crippen molar-refractivity contribution in [1.82, 2.24) is 5.32 Å². The monoisotopic (exact) mass is 267 g/mol. The zero-order valence-electron chi connectivity index (χ0n) is 12.4. The van der Waals surface area contributed by atoms with E-state index in [0.717, 1.165) is 30.9 Å². The zero-order chi connectivity index (χ0) is 13.8. The number of nitrogens with one attached hydrogen (secondary N) is 1. The Hall–Kier alpha value is -0.840. The quantitative estimate of drug-likeness (QED) is 0.891. The van der Waals surface area contributed by atoms with Gasteiger partial charge >= 0.3 is 0 Å². The van der Waals surface area contributed by atoms with Crippen molar-refractivity contribution in [3.8, 4) is 0 Å². The molecule has 0 aromatic carbocycles. The Morgan fingerprint density at radius 3 is 2.63 bits per heavy atom. The maximum atomic E-state index is 5.96. The lowest BCUT2D eigenvalue weighted by Crippen LogP contribution is -2.33. The van der Waals surface area contributed by atoms with E-state index < -0.39 is 0 Å². The maximum absolute atomic E-state index is 5.96. The van der Waals surface area contributed by atoms with Crippen molar-refractivity contribution in [3.63, 3.8) is 0 Å². The predicted octanol–water partition coefficient (Wildman–Crippen LogP) is 2.78. The Morgan fingerprint density at radius 2 is 2.00 bits per heavy atom. The van der Waals surface area contributed by atoms with Crippen LogP contribution >= 0.6 is 0 Å². The third kappa shape index (κ3) is 4.06. The van der Waals surface area contributed by atoms with Gasteiger partial charge in [-0.2, -0.15) is 0 Å². The van der Waals surface area contributed by atoms with Gasteiger partial charge in [0, 0.05) is 12.1 Å². The van der Waals surface area contributed by atoms with E-state index in [-0.39, 0.29) is 18.3 Å². The first kappa shape index (κ1) is 14.6. The highest BCUT2D eigenvalue weighted by Gasteiger charge is 2.25. The van der Waals surface area contributed by atoms with E-state index in [2.05, 4.69) is 25.2 Å². The van der Waals surface area contributed by atoms with E-state index in [4.69, 9.17) is 13.9 Å². The molecule has 1 aliphatic rings. The highest BCUT2D eigenvalue weighted by atomic mass is 16.5. The fourth-order valence-corrected chi connectivity index (χ4v) is 2.71. The van der Waals surface area contributed by atoms with Gasteiger partial charge in [0.15, 0.2) is 0 Å². The standard InChI is InChI=1S/C15H25NO3/c1-10-5-14(6-11(2)18-10)17-9-15-7-13(8-16-4)12(3)19-15/h7,10-11,14,16H,5-6,8-9H2,1-4H3. The lowest BCUT2D eigenvalue weighted by molar-refractivity contribution is -0.108. The van der Waals surface area contributed by atoms with E-state index in [0.29, 0.717) is 6.61 Å². The van der Waals surface area contributed by atoms with Crippen molar-refractivity contribution in [1.29, 1.82) is 0 Å². The number of furan rings is 1. The third-order valence-corrected chi connectivity index (χ3v) is 3.55. The summed E-state index contributed by atoms with van der Waals surface area (Å²) < 4.78 is 17.4. The minimum atomic E-state index is 0.275. The minimum Gasteiger partial charge on any atom is -0.464 e. The van der Waals surface area contributed by atoms with Gasteiger partial charge in [0.25, 0.3) is 0 Å². The van der Waals surface area contributed by atoms with Gasteiger partial charge in [0.05, 0.1) is 18.3 Å². The molecule has 1 N–H and O–H groups in total. The molecular weight excluding hydrogens is 242 g/mol. The van der Waals surface area contributed by atoms with Gasteiger partial charge in [-0.3, -0.25) is 0 Å². The Labute approximate surface area is 115 Å². The minimum absolute atomic E-state index is 0.275. The smallest absolute Gasteiger partial charge is 0.130 e. The molecule has 0 radical (unpaired) electrons. The summed E-state index contributed by atoms with van der Waals surface area (Å²) in [5.41, 5.74) is 1.20.